The first-order valence-electron chi connectivity index (χ1n) is 9.77. The van der Waals surface area contributed by atoms with Gasteiger partial charge in [-0.2, -0.15) is 0 Å². The van der Waals surface area contributed by atoms with Crippen molar-refractivity contribution in [3.8, 4) is 5.75 Å². The maximum atomic E-state index is 5.89. The standard InChI is InChI=1S/C22H28N6O.HI/c1-4-12-23-22(25-16-21-27-26-17(2)28(21)3)24-13-7-14-29-20-11-10-18-8-5-6-9-19(18)15-20;/h4-6,8-11,15H,1,7,12-14,16H2,2-3H3,(H2,23,24,25);1H. The second kappa shape index (κ2) is 12.2. The van der Waals surface area contributed by atoms with E-state index in [0.717, 1.165) is 36.3 Å². The number of aryl methyl sites for hydroxylation is 1. The first-order valence-corrected chi connectivity index (χ1v) is 9.77. The molecule has 0 saturated heterocycles. The lowest BCUT2D eigenvalue weighted by Gasteiger charge is -2.12. The fourth-order valence-corrected chi connectivity index (χ4v) is 2.81. The normalized spacial score (nSPS) is 11.1. The first-order chi connectivity index (χ1) is 14.2. The number of halogens is 1. The number of hydrogen-bond acceptors (Lipinski definition) is 4. The Balaban J connectivity index is 0.00000320. The van der Waals surface area contributed by atoms with Crippen LogP contribution in [0.25, 0.3) is 10.8 Å². The van der Waals surface area contributed by atoms with Crippen molar-refractivity contribution >= 4 is 40.7 Å². The van der Waals surface area contributed by atoms with Crippen LogP contribution in [0.5, 0.6) is 5.75 Å². The lowest BCUT2D eigenvalue weighted by molar-refractivity contribution is 0.311. The summed E-state index contributed by atoms with van der Waals surface area (Å²) in [5, 5.41) is 17.1. The molecular weight excluding hydrogens is 491 g/mol. The van der Waals surface area contributed by atoms with Gasteiger partial charge in [-0.3, -0.25) is 0 Å². The summed E-state index contributed by atoms with van der Waals surface area (Å²) in [4.78, 5) is 4.58. The third-order valence-corrected chi connectivity index (χ3v) is 4.58. The van der Waals surface area contributed by atoms with Gasteiger partial charge in [0.25, 0.3) is 0 Å². The lowest BCUT2D eigenvalue weighted by Crippen LogP contribution is -2.38. The van der Waals surface area contributed by atoms with E-state index in [1.807, 2.05) is 36.7 Å². The van der Waals surface area contributed by atoms with Crippen LogP contribution >= 0.6 is 24.0 Å². The number of fused-ring (bicyclic) bond motifs is 1. The molecule has 0 bridgehead atoms. The number of ether oxygens (including phenoxy) is 1. The van der Waals surface area contributed by atoms with Crippen molar-refractivity contribution in [1.29, 1.82) is 0 Å². The van der Waals surface area contributed by atoms with E-state index >= 15 is 0 Å². The fourth-order valence-electron chi connectivity index (χ4n) is 2.81. The van der Waals surface area contributed by atoms with Crippen LogP contribution in [0.15, 0.2) is 60.1 Å². The van der Waals surface area contributed by atoms with Crippen LogP contribution in [0.4, 0.5) is 0 Å². The molecular formula is C22H29IN6O. The van der Waals surface area contributed by atoms with Gasteiger partial charge < -0.3 is 19.9 Å². The van der Waals surface area contributed by atoms with Gasteiger partial charge in [-0.05, 0) is 36.2 Å². The van der Waals surface area contributed by atoms with Gasteiger partial charge >= 0.3 is 0 Å². The summed E-state index contributed by atoms with van der Waals surface area (Å²) in [5.74, 6) is 3.30. The third kappa shape index (κ3) is 6.72. The molecule has 2 aromatic carbocycles. The molecule has 0 aliphatic heterocycles. The van der Waals surface area contributed by atoms with Crippen molar-refractivity contribution in [3.05, 3.63) is 66.8 Å². The molecule has 8 heteroatoms. The molecule has 3 aromatic rings. The number of aliphatic imine (C=N–C) groups is 1. The molecule has 30 heavy (non-hydrogen) atoms. The predicted molar refractivity (Wildman–Crippen MR) is 133 cm³/mol. The molecule has 1 aromatic heterocycles. The number of hydrogen-bond donors (Lipinski definition) is 2. The number of guanidine groups is 1. The summed E-state index contributed by atoms with van der Waals surface area (Å²) < 4.78 is 7.82. The Kier molecular flexibility index (Phi) is 9.59. The van der Waals surface area contributed by atoms with Crippen LogP contribution in [0.2, 0.25) is 0 Å². The molecule has 0 atom stereocenters. The van der Waals surface area contributed by atoms with Crippen LogP contribution in [-0.2, 0) is 13.6 Å². The molecule has 1 heterocycles. The zero-order valence-corrected chi connectivity index (χ0v) is 19.8. The molecule has 0 saturated carbocycles. The average molecular weight is 520 g/mol. The van der Waals surface area contributed by atoms with Crippen LogP contribution in [0.1, 0.15) is 18.1 Å². The zero-order valence-electron chi connectivity index (χ0n) is 17.5. The van der Waals surface area contributed by atoms with Gasteiger partial charge in [0, 0.05) is 20.1 Å². The first kappa shape index (κ1) is 23.7. The molecule has 160 valence electrons. The number of nitrogens with zero attached hydrogens (tertiary/aromatic N) is 4. The monoisotopic (exact) mass is 520 g/mol. The molecule has 0 spiro atoms. The highest BCUT2D eigenvalue weighted by molar-refractivity contribution is 14.0. The Bertz CT molecular complexity index is 985. The van der Waals surface area contributed by atoms with Gasteiger partial charge in [0.2, 0.25) is 0 Å². The lowest BCUT2D eigenvalue weighted by atomic mass is 10.1. The minimum absolute atomic E-state index is 0. The summed E-state index contributed by atoms with van der Waals surface area (Å²) in [6, 6.07) is 14.4. The van der Waals surface area contributed by atoms with E-state index in [9.17, 15) is 0 Å². The van der Waals surface area contributed by atoms with Crippen molar-refractivity contribution < 1.29 is 4.74 Å². The topological polar surface area (TPSA) is 76.4 Å². The number of rotatable bonds is 9. The quantitative estimate of drug-likeness (QED) is 0.148. The van der Waals surface area contributed by atoms with Crippen LogP contribution in [0.3, 0.4) is 0 Å². The SMILES string of the molecule is C=CCNC(=NCc1nnc(C)n1C)NCCCOc1ccc2ccccc2c1.I. The molecule has 7 nitrogen and oxygen atoms in total. The zero-order chi connectivity index (χ0) is 20.5. The maximum Gasteiger partial charge on any atom is 0.191 e. The van der Waals surface area contributed by atoms with Crippen molar-refractivity contribution in [1.82, 2.24) is 25.4 Å². The van der Waals surface area contributed by atoms with Gasteiger partial charge in [0.05, 0.1) is 6.61 Å². The highest BCUT2D eigenvalue weighted by Gasteiger charge is 2.05. The molecule has 0 aliphatic carbocycles. The summed E-state index contributed by atoms with van der Waals surface area (Å²) in [5.41, 5.74) is 0. The maximum absolute atomic E-state index is 5.89. The van der Waals surface area contributed by atoms with Gasteiger partial charge in [-0.25, -0.2) is 4.99 Å². The van der Waals surface area contributed by atoms with Crippen molar-refractivity contribution in [2.45, 2.75) is 19.9 Å². The molecule has 2 N–H and O–H groups in total. The number of benzene rings is 2. The van der Waals surface area contributed by atoms with Gasteiger partial charge in [0.15, 0.2) is 11.8 Å². The second-order valence-corrected chi connectivity index (χ2v) is 6.69. The van der Waals surface area contributed by atoms with Gasteiger partial charge in [-0.15, -0.1) is 40.8 Å². The van der Waals surface area contributed by atoms with Crippen LogP contribution in [-0.4, -0.2) is 40.4 Å². The summed E-state index contributed by atoms with van der Waals surface area (Å²) in [6.07, 6.45) is 2.65. The van der Waals surface area contributed by atoms with E-state index < -0.39 is 0 Å². The highest BCUT2D eigenvalue weighted by atomic mass is 127. The Morgan fingerprint density at radius 2 is 1.97 bits per heavy atom. The van der Waals surface area contributed by atoms with E-state index in [1.165, 1.54) is 10.8 Å². The summed E-state index contributed by atoms with van der Waals surface area (Å²) >= 11 is 0. The van der Waals surface area contributed by atoms with E-state index in [4.69, 9.17) is 4.74 Å². The van der Waals surface area contributed by atoms with E-state index in [0.29, 0.717) is 19.7 Å². The number of aromatic nitrogens is 3. The molecule has 0 aliphatic rings. The summed E-state index contributed by atoms with van der Waals surface area (Å²) in [6.45, 7) is 8.13. The Morgan fingerprint density at radius 3 is 2.70 bits per heavy atom. The minimum Gasteiger partial charge on any atom is -0.494 e. The number of nitrogens with one attached hydrogen (secondary N) is 2. The van der Waals surface area contributed by atoms with Gasteiger partial charge in [-0.1, -0.05) is 36.4 Å². The van der Waals surface area contributed by atoms with E-state index in [1.54, 1.807) is 6.08 Å². The van der Waals surface area contributed by atoms with Gasteiger partial charge in [0.1, 0.15) is 18.1 Å². The van der Waals surface area contributed by atoms with Crippen LogP contribution < -0.4 is 15.4 Å². The smallest absolute Gasteiger partial charge is 0.191 e. The largest absolute Gasteiger partial charge is 0.494 e. The van der Waals surface area contributed by atoms with Crippen LogP contribution in [0, 0.1) is 6.92 Å². The molecule has 0 fully saturated rings. The summed E-state index contributed by atoms with van der Waals surface area (Å²) in [7, 11) is 1.94. The highest BCUT2D eigenvalue weighted by Crippen LogP contribution is 2.20. The molecule has 3 rings (SSSR count). The Labute approximate surface area is 194 Å². The molecule has 0 amide bonds. The molecule has 0 radical (unpaired) electrons. The second-order valence-electron chi connectivity index (χ2n) is 6.69. The third-order valence-electron chi connectivity index (χ3n) is 4.58. The molecule has 0 unspecified atom stereocenters. The van der Waals surface area contributed by atoms with Crippen molar-refractivity contribution in [2.24, 2.45) is 12.0 Å². The van der Waals surface area contributed by atoms with E-state index in [-0.39, 0.29) is 24.0 Å². The fraction of sp³-hybridized carbons (Fsp3) is 0.318. The Hall–Kier alpha value is -2.62. The minimum atomic E-state index is 0. The van der Waals surface area contributed by atoms with Crippen molar-refractivity contribution in [3.63, 3.8) is 0 Å². The average Bonchev–Trinajstić information content (AvgIpc) is 3.07. The van der Waals surface area contributed by atoms with E-state index in [2.05, 4.69) is 56.7 Å². The van der Waals surface area contributed by atoms with Crippen molar-refractivity contribution in [2.75, 3.05) is 19.7 Å². The predicted octanol–water partition coefficient (Wildman–Crippen LogP) is 3.59. The Morgan fingerprint density at radius 1 is 1.17 bits per heavy atom.